The molecular formula is C7H7NO4. The van der Waals surface area contributed by atoms with Gasteiger partial charge in [-0.1, -0.05) is 0 Å². The van der Waals surface area contributed by atoms with Gasteiger partial charge in [-0.25, -0.2) is 0 Å². The highest BCUT2D eigenvalue weighted by Gasteiger charge is 2.00. The van der Waals surface area contributed by atoms with Crippen LogP contribution in [0.4, 0.5) is 0 Å². The minimum Gasteiger partial charge on any atom is -0.503 e. The molecule has 0 saturated heterocycles. The number of aromatic nitrogens is 1. The summed E-state index contributed by atoms with van der Waals surface area (Å²) in [5.74, 6) is -1.48. The number of hydrogen-bond acceptors (Lipinski definition) is 3. The van der Waals surface area contributed by atoms with Gasteiger partial charge in [-0.15, -0.1) is 0 Å². The van der Waals surface area contributed by atoms with Gasteiger partial charge in [0.05, 0.1) is 6.20 Å². The highest BCUT2D eigenvalue weighted by atomic mass is 16.4. The summed E-state index contributed by atoms with van der Waals surface area (Å²) in [6.45, 7) is -0.270. The van der Waals surface area contributed by atoms with Crippen molar-refractivity contribution in [2.75, 3.05) is 0 Å². The van der Waals surface area contributed by atoms with E-state index in [9.17, 15) is 9.59 Å². The number of hydrogen-bond donors (Lipinski definition) is 2. The van der Waals surface area contributed by atoms with Crippen molar-refractivity contribution in [3.63, 3.8) is 0 Å². The molecule has 1 rings (SSSR count). The first-order chi connectivity index (χ1) is 5.59. The summed E-state index contributed by atoms with van der Waals surface area (Å²) < 4.78 is 1.21. The van der Waals surface area contributed by atoms with Crippen LogP contribution in [0, 0.1) is 0 Å². The van der Waals surface area contributed by atoms with Crippen molar-refractivity contribution < 1.29 is 15.0 Å². The number of pyridine rings is 1. The normalized spacial score (nSPS) is 9.67. The molecular weight excluding hydrogens is 162 g/mol. The Bertz CT molecular complexity index is 355. The zero-order valence-corrected chi connectivity index (χ0v) is 6.10. The number of carboxylic acids is 1. The summed E-state index contributed by atoms with van der Waals surface area (Å²) in [6, 6.07) is 1.11. The van der Waals surface area contributed by atoms with Crippen LogP contribution in [0.3, 0.4) is 0 Å². The Balaban J connectivity index is 2.97. The summed E-state index contributed by atoms with van der Waals surface area (Å²) in [4.78, 5) is 20.8. The first-order valence-corrected chi connectivity index (χ1v) is 3.20. The van der Waals surface area contributed by atoms with E-state index in [4.69, 9.17) is 10.2 Å². The molecule has 0 atom stereocenters. The quantitative estimate of drug-likeness (QED) is 0.633. The fourth-order valence-corrected chi connectivity index (χ4v) is 0.767. The minimum atomic E-state index is -1.03. The minimum absolute atomic E-state index is 0.270. The second kappa shape index (κ2) is 3.08. The Hall–Kier alpha value is -1.78. The van der Waals surface area contributed by atoms with Crippen LogP contribution in [0.1, 0.15) is 0 Å². The Labute approximate surface area is 67.5 Å². The average molecular weight is 169 g/mol. The first-order valence-electron chi connectivity index (χ1n) is 3.20. The Morgan fingerprint density at radius 1 is 1.58 bits per heavy atom. The predicted molar refractivity (Wildman–Crippen MR) is 40.0 cm³/mol. The molecule has 0 aromatic carbocycles. The van der Waals surface area contributed by atoms with Gasteiger partial charge < -0.3 is 14.8 Å². The molecule has 0 amide bonds. The molecule has 5 nitrogen and oxygen atoms in total. The van der Waals surface area contributed by atoms with Crippen molar-refractivity contribution in [2.24, 2.45) is 0 Å². The van der Waals surface area contributed by atoms with Gasteiger partial charge in [0, 0.05) is 12.3 Å². The maximum absolute atomic E-state index is 10.6. The molecule has 5 heteroatoms. The Morgan fingerprint density at radius 3 is 2.75 bits per heavy atom. The molecule has 0 fully saturated rings. The molecule has 12 heavy (non-hydrogen) atoms. The van der Waals surface area contributed by atoms with Crippen LogP contribution in [-0.2, 0) is 11.3 Å². The monoisotopic (exact) mass is 169 g/mol. The highest BCUT2D eigenvalue weighted by molar-refractivity contribution is 5.66. The van der Waals surface area contributed by atoms with Gasteiger partial charge in [-0.05, 0) is 0 Å². The highest BCUT2D eigenvalue weighted by Crippen LogP contribution is 1.97. The molecule has 0 bridgehead atoms. The number of nitrogens with zero attached hydrogens (tertiary/aromatic N) is 1. The maximum Gasteiger partial charge on any atom is 0.323 e. The van der Waals surface area contributed by atoms with E-state index in [0.717, 1.165) is 12.3 Å². The summed E-state index contributed by atoms with van der Waals surface area (Å²) in [7, 11) is 0. The van der Waals surface area contributed by atoms with Gasteiger partial charge in [0.2, 0.25) is 5.43 Å². The van der Waals surface area contributed by atoms with Crippen LogP contribution < -0.4 is 5.43 Å². The molecule has 0 radical (unpaired) electrons. The standard InChI is InChI=1S/C7H7NO4/c9-5-1-2-8(3-6(5)10)4-7(11)12/h1-3,10H,4H2,(H,11,12). The van der Waals surface area contributed by atoms with Crippen LogP contribution in [0.5, 0.6) is 5.75 Å². The van der Waals surface area contributed by atoms with Gasteiger partial charge in [0.15, 0.2) is 5.75 Å². The predicted octanol–water partition coefficient (Wildman–Crippen LogP) is -0.361. The number of carboxylic acid groups (broad SMARTS) is 1. The van der Waals surface area contributed by atoms with E-state index in [1.165, 1.54) is 10.8 Å². The third-order valence-corrected chi connectivity index (χ3v) is 1.28. The van der Waals surface area contributed by atoms with E-state index >= 15 is 0 Å². The number of aliphatic carboxylic acids is 1. The third kappa shape index (κ3) is 1.85. The summed E-state index contributed by atoms with van der Waals surface area (Å²) in [5, 5.41) is 17.2. The van der Waals surface area contributed by atoms with Gasteiger partial charge >= 0.3 is 5.97 Å². The van der Waals surface area contributed by atoms with Crippen LogP contribution in [0.25, 0.3) is 0 Å². The SMILES string of the molecule is O=C(O)Cn1ccc(=O)c(O)c1. The van der Waals surface area contributed by atoms with E-state index in [1.54, 1.807) is 0 Å². The molecule has 0 aliphatic carbocycles. The topological polar surface area (TPSA) is 79.5 Å². The molecule has 2 N–H and O–H groups in total. The number of rotatable bonds is 2. The molecule has 0 unspecified atom stereocenters. The summed E-state index contributed by atoms with van der Waals surface area (Å²) >= 11 is 0. The molecule has 1 aromatic heterocycles. The van der Waals surface area contributed by atoms with E-state index in [2.05, 4.69) is 0 Å². The van der Waals surface area contributed by atoms with Crippen molar-refractivity contribution in [3.8, 4) is 5.75 Å². The Morgan fingerprint density at radius 2 is 2.25 bits per heavy atom. The zero-order valence-electron chi connectivity index (χ0n) is 6.10. The van der Waals surface area contributed by atoms with E-state index in [1.807, 2.05) is 0 Å². The van der Waals surface area contributed by atoms with E-state index < -0.39 is 17.1 Å². The third-order valence-electron chi connectivity index (χ3n) is 1.28. The first kappa shape index (κ1) is 8.32. The second-order valence-corrected chi connectivity index (χ2v) is 2.26. The lowest BCUT2D eigenvalue weighted by atomic mass is 10.4. The van der Waals surface area contributed by atoms with Crippen molar-refractivity contribution in [1.82, 2.24) is 4.57 Å². The van der Waals surface area contributed by atoms with Gasteiger partial charge in [0.1, 0.15) is 6.54 Å². The lowest BCUT2D eigenvalue weighted by Gasteiger charge is -2.01. The molecule has 0 saturated carbocycles. The number of aromatic hydroxyl groups is 1. The summed E-state index contributed by atoms with van der Waals surface area (Å²) in [5.41, 5.74) is -0.517. The van der Waals surface area contributed by atoms with Crippen LogP contribution in [-0.4, -0.2) is 20.7 Å². The molecule has 0 aliphatic rings. The average Bonchev–Trinajstić information content (AvgIpc) is 1.96. The smallest absolute Gasteiger partial charge is 0.323 e. The molecule has 0 aliphatic heterocycles. The molecule has 1 aromatic rings. The van der Waals surface area contributed by atoms with Crippen LogP contribution >= 0.6 is 0 Å². The van der Waals surface area contributed by atoms with Crippen LogP contribution in [0.2, 0.25) is 0 Å². The van der Waals surface area contributed by atoms with E-state index in [0.29, 0.717) is 0 Å². The van der Waals surface area contributed by atoms with Gasteiger partial charge in [-0.2, -0.15) is 0 Å². The van der Waals surface area contributed by atoms with Crippen molar-refractivity contribution >= 4 is 5.97 Å². The molecule has 64 valence electrons. The summed E-state index contributed by atoms with van der Waals surface area (Å²) in [6.07, 6.45) is 2.38. The fraction of sp³-hybridized carbons (Fsp3) is 0.143. The maximum atomic E-state index is 10.6. The van der Waals surface area contributed by atoms with Crippen molar-refractivity contribution in [2.45, 2.75) is 6.54 Å². The lowest BCUT2D eigenvalue weighted by molar-refractivity contribution is -0.137. The second-order valence-electron chi connectivity index (χ2n) is 2.26. The van der Waals surface area contributed by atoms with Gasteiger partial charge in [-0.3, -0.25) is 9.59 Å². The fourth-order valence-electron chi connectivity index (χ4n) is 0.767. The van der Waals surface area contributed by atoms with Gasteiger partial charge in [0.25, 0.3) is 0 Å². The van der Waals surface area contributed by atoms with Crippen molar-refractivity contribution in [1.29, 1.82) is 0 Å². The molecule has 0 spiro atoms. The van der Waals surface area contributed by atoms with Crippen molar-refractivity contribution in [3.05, 3.63) is 28.7 Å². The largest absolute Gasteiger partial charge is 0.503 e. The zero-order chi connectivity index (χ0) is 9.14. The van der Waals surface area contributed by atoms with Crippen LogP contribution in [0.15, 0.2) is 23.3 Å². The molecule has 1 heterocycles. The Kier molecular flexibility index (Phi) is 2.14. The lowest BCUT2D eigenvalue weighted by Crippen LogP contribution is -2.11. The van der Waals surface area contributed by atoms with E-state index in [-0.39, 0.29) is 6.54 Å². The number of carbonyl (C=O) groups is 1.